The van der Waals surface area contributed by atoms with Crippen molar-refractivity contribution in [3.8, 4) is 0 Å². The molecule has 0 aromatic carbocycles. The van der Waals surface area contributed by atoms with Crippen LogP contribution in [0, 0.1) is 5.92 Å². The van der Waals surface area contributed by atoms with Gasteiger partial charge in [-0.1, -0.05) is 34.9 Å². The summed E-state index contributed by atoms with van der Waals surface area (Å²) < 4.78 is 5.58. The van der Waals surface area contributed by atoms with Crippen molar-refractivity contribution >= 4 is 0 Å². The molecule has 0 fully saturated rings. The largest absolute Gasteiger partial charge is 0.501 e. The lowest BCUT2D eigenvalue weighted by Gasteiger charge is -2.27. The molecular weight excluding hydrogens is 208 g/mol. The van der Waals surface area contributed by atoms with Crippen LogP contribution >= 0.6 is 0 Å². The van der Waals surface area contributed by atoms with Gasteiger partial charge in [0.2, 0.25) is 0 Å². The van der Waals surface area contributed by atoms with Gasteiger partial charge in [0.25, 0.3) is 0 Å². The van der Waals surface area contributed by atoms with E-state index in [1.807, 2.05) is 0 Å². The summed E-state index contributed by atoms with van der Waals surface area (Å²) in [6, 6.07) is 0. The fourth-order valence-electron chi connectivity index (χ4n) is 2.68. The van der Waals surface area contributed by atoms with Crippen LogP contribution in [0.25, 0.3) is 0 Å². The molecule has 2 rings (SSSR count). The molecule has 92 valence electrons. The molecule has 0 N–H and O–H groups in total. The minimum Gasteiger partial charge on any atom is -0.501 e. The van der Waals surface area contributed by atoms with Gasteiger partial charge in [-0.2, -0.15) is 0 Å². The molecule has 0 radical (unpaired) electrons. The molecule has 0 aromatic rings. The van der Waals surface area contributed by atoms with E-state index in [4.69, 9.17) is 4.74 Å². The first-order valence-corrected chi connectivity index (χ1v) is 6.40. The Morgan fingerprint density at radius 3 is 2.53 bits per heavy atom. The molecule has 2 aliphatic rings. The lowest BCUT2D eigenvalue weighted by Crippen LogP contribution is -2.13. The summed E-state index contributed by atoms with van der Waals surface area (Å²) in [5, 5.41) is 0. The molecule has 0 bridgehead atoms. The van der Waals surface area contributed by atoms with Crippen molar-refractivity contribution in [1.82, 2.24) is 0 Å². The average Bonchev–Trinajstić information content (AvgIpc) is 2.32. The topological polar surface area (TPSA) is 9.23 Å². The van der Waals surface area contributed by atoms with Crippen LogP contribution < -0.4 is 0 Å². The van der Waals surface area contributed by atoms with E-state index in [0.717, 1.165) is 19.3 Å². The van der Waals surface area contributed by atoms with E-state index in [0.29, 0.717) is 5.92 Å². The summed E-state index contributed by atoms with van der Waals surface area (Å²) in [4.78, 5) is 0. The summed E-state index contributed by atoms with van der Waals surface area (Å²) >= 11 is 0. The molecule has 0 aliphatic heterocycles. The standard InChI is InChI=1S/C16H22O/c1-11-5-7-13(3)14(9-11)15-10-12(2)6-8-16(15)17-4/h5,7,10,14H,6,8-9H2,1-4H3. The third-order valence-corrected chi connectivity index (χ3v) is 3.80. The lowest BCUT2D eigenvalue weighted by molar-refractivity contribution is 0.267. The summed E-state index contributed by atoms with van der Waals surface area (Å²) in [5.41, 5.74) is 5.78. The van der Waals surface area contributed by atoms with E-state index in [1.54, 1.807) is 7.11 Å². The summed E-state index contributed by atoms with van der Waals surface area (Å²) in [7, 11) is 1.80. The Kier molecular flexibility index (Phi) is 3.56. The number of hydrogen-bond acceptors (Lipinski definition) is 1. The molecule has 0 amide bonds. The molecule has 1 nitrogen and oxygen atoms in total. The van der Waals surface area contributed by atoms with Crippen LogP contribution in [0.2, 0.25) is 0 Å². The second-order valence-corrected chi connectivity index (χ2v) is 5.25. The molecule has 2 aliphatic carbocycles. The normalized spacial score (nSPS) is 25.2. The zero-order valence-corrected chi connectivity index (χ0v) is 11.3. The Bertz CT molecular complexity index is 432. The third-order valence-electron chi connectivity index (χ3n) is 3.80. The van der Waals surface area contributed by atoms with E-state index < -0.39 is 0 Å². The minimum absolute atomic E-state index is 0.519. The van der Waals surface area contributed by atoms with Crippen molar-refractivity contribution in [2.75, 3.05) is 7.11 Å². The van der Waals surface area contributed by atoms with Gasteiger partial charge in [-0.3, -0.25) is 0 Å². The van der Waals surface area contributed by atoms with Crippen molar-refractivity contribution in [3.05, 3.63) is 46.3 Å². The summed E-state index contributed by atoms with van der Waals surface area (Å²) in [5.74, 6) is 1.70. The molecule has 0 heterocycles. The Balaban J connectivity index is 2.36. The average molecular weight is 230 g/mol. The van der Waals surface area contributed by atoms with Gasteiger partial charge in [0, 0.05) is 12.3 Å². The van der Waals surface area contributed by atoms with Crippen molar-refractivity contribution < 1.29 is 4.74 Å². The Morgan fingerprint density at radius 2 is 1.82 bits per heavy atom. The molecule has 0 saturated heterocycles. The highest BCUT2D eigenvalue weighted by atomic mass is 16.5. The number of methoxy groups -OCH3 is 1. The van der Waals surface area contributed by atoms with E-state index in [2.05, 4.69) is 39.0 Å². The van der Waals surface area contributed by atoms with Crippen molar-refractivity contribution in [2.24, 2.45) is 5.92 Å². The number of ether oxygens (including phenoxy) is 1. The zero-order valence-electron chi connectivity index (χ0n) is 11.3. The van der Waals surface area contributed by atoms with Gasteiger partial charge >= 0.3 is 0 Å². The van der Waals surface area contributed by atoms with E-state index in [1.165, 1.54) is 28.1 Å². The van der Waals surface area contributed by atoms with Crippen LogP contribution in [-0.4, -0.2) is 7.11 Å². The summed E-state index contributed by atoms with van der Waals surface area (Å²) in [6.45, 7) is 6.66. The maximum atomic E-state index is 5.58. The van der Waals surface area contributed by atoms with Crippen LogP contribution in [-0.2, 0) is 4.74 Å². The minimum atomic E-state index is 0.519. The second kappa shape index (κ2) is 4.95. The highest BCUT2D eigenvalue weighted by Gasteiger charge is 2.23. The molecule has 1 unspecified atom stereocenters. The predicted octanol–water partition coefficient (Wildman–Crippen LogP) is 4.54. The highest BCUT2D eigenvalue weighted by Crippen LogP contribution is 2.37. The smallest absolute Gasteiger partial charge is 0.0996 e. The summed E-state index contributed by atoms with van der Waals surface area (Å²) in [6.07, 6.45) is 10.1. The van der Waals surface area contributed by atoms with Gasteiger partial charge in [-0.15, -0.1) is 0 Å². The fraction of sp³-hybridized carbons (Fsp3) is 0.500. The number of allylic oxidation sites excluding steroid dienone is 8. The van der Waals surface area contributed by atoms with Crippen molar-refractivity contribution in [2.45, 2.75) is 40.0 Å². The van der Waals surface area contributed by atoms with Gasteiger partial charge in [-0.05, 0) is 39.2 Å². The van der Waals surface area contributed by atoms with Gasteiger partial charge in [0.1, 0.15) is 0 Å². The van der Waals surface area contributed by atoms with Crippen molar-refractivity contribution in [3.63, 3.8) is 0 Å². The van der Waals surface area contributed by atoms with Gasteiger partial charge in [-0.25, -0.2) is 0 Å². The van der Waals surface area contributed by atoms with Crippen LogP contribution in [0.1, 0.15) is 40.0 Å². The third kappa shape index (κ3) is 2.54. The van der Waals surface area contributed by atoms with Crippen LogP contribution in [0.5, 0.6) is 0 Å². The first-order valence-electron chi connectivity index (χ1n) is 6.40. The molecule has 0 spiro atoms. The quantitative estimate of drug-likeness (QED) is 0.676. The van der Waals surface area contributed by atoms with Gasteiger partial charge in [0.15, 0.2) is 0 Å². The Morgan fingerprint density at radius 1 is 1.06 bits per heavy atom. The van der Waals surface area contributed by atoms with Gasteiger partial charge < -0.3 is 4.74 Å². The number of hydrogen-bond donors (Lipinski definition) is 0. The predicted molar refractivity (Wildman–Crippen MR) is 72.6 cm³/mol. The van der Waals surface area contributed by atoms with Crippen LogP contribution in [0.4, 0.5) is 0 Å². The van der Waals surface area contributed by atoms with Crippen molar-refractivity contribution in [1.29, 1.82) is 0 Å². The SMILES string of the molecule is COC1=C(C2CC(C)=CC=C2C)C=C(C)CC1. The van der Waals surface area contributed by atoms with Gasteiger partial charge in [0.05, 0.1) is 12.9 Å². The maximum Gasteiger partial charge on any atom is 0.0996 e. The first-order chi connectivity index (χ1) is 8.11. The molecule has 1 atom stereocenters. The fourth-order valence-corrected chi connectivity index (χ4v) is 2.68. The van der Waals surface area contributed by atoms with E-state index in [9.17, 15) is 0 Å². The first kappa shape index (κ1) is 12.2. The van der Waals surface area contributed by atoms with Crippen LogP contribution in [0.15, 0.2) is 46.3 Å². The van der Waals surface area contributed by atoms with Crippen LogP contribution in [0.3, 0.4) is 0 Å². The maximum absolute atomic E-state index is 5.58. The molecule has 17 heavy (non-hydrogen) atoms. The second-order valence-electron chi connectivity index (χ2n) is 5.25. The highest BCUT2D eigenvalue weighted by molar-refractivity contribution is 5.40. The Hall–Kier alpha value is -1.24. The van der Waals surface area contributed by atoms with E-state index >= 15 is 0 Å². The zero-order chi connectivity index (χ0) is 12.4. The van der Waals surface area contributed by atoms with E-state index in [-0.39, 0.29) is 0 Å². The molecule has 1 heteroatoms. The lowest BCUT2D eigenvalue weighted by atomic mass is 9.79. The Labute approximate surface area is 105 Å². The molecular formula is C16H22O. The molecule has 0 aromatic heterocycles. The monoisotopic (exact) mass is 230 g/mol. The molecule has 0 saturated carbocycles. The number of rotatable bonds is 2.